The van der Waals surface area contributed by atoms with Gasteiger partial charge in [-0.3, -0.25) is 4.79 Å². The number of carbonyl (C=O) groups is 1. The van der Waals surface area contributed by atoms with Crippen molar-refractivity contribution in [3.63, 3.8) is 0 Å². The average molecular weight is 408 g/mol. The molecule has 150 valence electrons. The molecular formula is C23H25N3O2S. The van der Waals surface area contributed by atoms with Gasteiger partial charge >= 0.3 is 0 Å². The molecule has 0 N–H and O–H groups in total. The third-order valence-corrected chi connectivity index (χ3v) is 6.17. The van der Waals surface area contributed by atoms with Crippen molar-refractivity contribution in [2.24, 2.45) is 0 Å². The Morgan fingerprint density at radius 3 is 2.52 bits per heavy atom. The summed E-state index contributed by atoms with van der Waals surface area (Å²) in [4.78, 5) is 24.3. The molecule has 0 radical (unpaired) electrons. The van der Waals surface area contributed by atoms with Crippen LogP contribution in [0.3, 0.4) is 0 Å². The third-order valence-electron chi connectivity index (χ3n) is 5.19. The van der Waals surface area contributed by atoms with Gasteiger partial charge < -0.3 is 9.64 Å². The average Bonchev–Trinajstić information content (AvgIpc) is 3.07. The summed E-state index contributed by atoms with van der Waals surface area (Å²) in [6.07, 6.45) is 4.63. The number of aromatic nitrogens is 2. The van der Waals surface area contributed by atoms with Crippen LogP contribution in [0.15, 0.2) is 53.6 Å². The molecule has 5 nitrogen and oxygen atoms in total. The zero-order chi connectivity index (χ0) is 20.1. The lowest BCUT2D eigenvalue weighted by molar-refractivity contribution is -0.128. The second kappa shape index (κ2) is 9.27. The lowest BCUT2D eigenvalue weighted by Crippen LogP contribution is -2.33. The minimum absolute atomic E-state index is 0.188. The Hall–Kier alpha value is -2.60. The van der Waals surface area contributed by atoms with E-state index in [4.69, 9.17) is 14.7 Å². The molecule has 2 heterocycles. The lowest BCUT2D eigenvalue weighted by Gasteiger charge is -2.20. The van der Waals surface area contributed by atoms with Crippen molar-refractivity contribution >= 4 is 28.6 Å². The molecule has 3 aromatic rings. The molecule has 0 aliphatic carbocycles. The maximum atomic E-state index is 12.8. The molecule has 0 unspecified atom stereocenters. The third kappa shape index (κ3) is 4.70. The Labute approximate surface area is 175 Å². The van der Waals surface area contributed by atoms with Gasteiger partial charge in [0.15, 0.2) is 5.82 Å². The summed E-state index contributed by atoms with van der Waals surface area (Å²) in [6.45, 7) is 1.74. The number of methoxy groups -OCH3 is 1. The van der Waals surface area contributed by atoms with Gasteiger partial charge in [0.05, 0.1) is 18.4 Å². The van der Waals surface area contributed by atoms with Crippen molar-refractivity contribution in [2.45, 2.75) is 30.7 Å². The first-order chi connectivity index (χ1) is 14.2. The zero-order valence-electron chi connectivity index (χ0n) is 16.6. The van der Waals surface area contributed by atoms with Crippen LogP contribution in [0.5, 0.6) is 5.75 Å². The largest absolute Gasteiger partial charge is 0.497 e. The van der Waals surface area contributed by atoms with Gasteiger partial charge in [-0.05, 0) is 31.0 Å². The highest BCUT2D eigenvalue weighted by Crippen LogP contribution is 2.31. The maximum absolute atomic E-state index is 12.8. The summed E-state index contributed by atoms with van der Waals surface area (Å²) < 4.78 is 5.39. The first-order valence-electron chi connectivity index (χ1n) is 10.1. The van der Waals surface area contributed by atoms with Crippen molar-refractivity contribution in [1.82, 2.24) is 14.9 Å². The van der Waals surface area contributed by atoms with Crippen molar-refractivity contribution in [2.75, 3.05) is 26.0 Å². The highest BCUT2D eigenvalue weighted by molar-refractivity contribution is 8.00. The number of likely N-dealkylation sites (tertiary alicyclic amines) is 1. The predicted octanol–water partition coefficient (Wildman–Crippen LogP) is 4.80. The molecular weight excluding hydrogens is 382 g/mol. The molecule has 4 rings (SSSR count). The number of hydrogen-bond donors (Lipinski definition) is 0. The van der Waals surface area contributed by atoms with Crippen LogP contribution in [0, 0.1) is 0 Å². The summed E-state index contributed by atoms with van der Waals surface area (Å²) >= 11 is 1.49. The molecule has 29 heavy (non-hydrogen) atoms. The van der Waals surface area contributed by atoms with Gasteiger partial charge in [0.1, 0.15) is 10.8 Å². The second-order valence-corrected chi connectivity index (χ2v) is 8.15. The number of hydrogen-bond acceptors (Lipinski definition) is 5. The van der Waals surface area contributed by atoms with E-state index < -0.39 is 0 Å². The van der Waals surface area contributed by atoms with E-state index in [1.807, 2.05) is 53.4 Å². The number of thioether (sulfide) groups is 1. The molecule has 0 atom stereocenters. The summed E-state index contributed by atoms with van der Waals surface area (Å²) in [7, 11) is 1.65. The minimum atomic E-state index is 0.188. The summed E-state index contributed by atoms with van der Waals surface area (Å²) in [5.41, 5.74) is 1.82. The Bertz CT molecular complexity index is 986. The molecule has 1 aliphatic rings. The Morgan fingerprint density at radius 1 is 1.03 bits per heavy atom. The zero-order valence-corrected chi connectivity index (χ0v) is 17.5. The molecule has 2 aromatic carbocycles. The SMILES string of the molecule is COc1ccc2nc(-c3ccccc3)nc(SCC(=O)N3CCCCCC3)c2c1. The van der Waals surface area contributed by atoms with Gasteiger partial charge in [-0.15, -0.1) is 0 Å². The van der Waals surface area contributed by atoms with E-state index in [-0.39, 0.29) is 5.91 Å². The summed E-state index contributed by atoms with van der Waals surface area (Å²) in [6, 6.07) is 15.7. The Kier molecular flexibility index (Phi) is 6.30. The summed E-state index contributed by atoms with van der Waals surface area (Å²) in [5, 5.41) is 1.73. The van der Waals surface area contributed by atoms with Gasteiger partial charge in [-0.2, -0.15) is 0 Å². The van der Waals surface area contributed by atoms with Crippen LogP contribution < -0.4 is 4.74 Å². The van der Waals surface area contributed by atoms with Crippen molar-refractivity contribution < 1.29 is 9.53 Å². The Balaban J connectivity index is 1.64. The smallest absolute Gasteiger partial charge is 0.232 e. The fraction of sp³-hybridized carbons (Fsp3) is 0.348. The van der Waals surface area contributed by atoms with Gasteiger partial charge in [-0.25, -0.2) is 9.97 Å². The summed E-state index contributed by atoms with van der Waals surface area (Å²) in [5.74, 6) is 2.01. The van der Waals surface area contributed by atoms with E-state index in [1.54, 1.807) is 7.11 Å². The van der Waals surface area contributed by atoms with E-state index in [0.29, 0.717) is 11.6 Å². The number of rotatable bonds is 5. The fourth-order valence-electron chi connectivity index (χ4n) is 3.57. The van der Waals surface area contributed by atoms with E-state index in [0.717, 1.165) is 53.2 Å². The number of amides is 1. The first kappa shape index (κ1) is 19.7. The van der Waals surface area contributed by atoms with Crippen LogP contribution in [-0.2, 0) is 4.79 Å². The van der Waals surface area contributed by atoms with Crippen molar-refractivity contribution in [1.29, 1.82) is 0 Å². The van der Waals surface area contributed by atoms with Gasteiger partial charge in [0, 0.05) is 24.0 Å². The van der Waals surface area contributed by atoms with Crippen LogP contribution in [0.4, 0.5) is 0 Å². The lowest BCUT2D eigenvalue weighted by atomic mass is 10.2. The van der Waals surface area contributed by atoms with Crippen molar-refractivity contribution in [3.8, 4) is 17.1 Å². The van der Waals surface area contributed by atoms with Crippen LogP contribution in [-0.4, -0.2) is 46.7 Å². The van der Waals surface area contributed by atoms with Crippen LogP contribution in [0.25, 0.3) is 22.3 Å². The molecule has 0 spiro atoms. The normalized spacial score (nSPS) is 14.6. The number of fused-ring (bicyclic) bond motifs is 1. The molecule has 0 saturated carbocycles. The van der Waals surface area contributed by atoms with Crippen molar-refractivity contribution in [3.05, 3.63) is 48.5 Å². The highest BCUT2D eigenvalue weighted by atomic mass is 32.2. The topological polar surface area (TPSA) is 55.3 Å². The fourth-order valence-corrected chi connectivity index (χ4v) is 4.49. The van der Waals surface area contributed by atoms with Gasteiger partial charge in [0.25, 0.3) is 0 Å². The van der Waals surface area contributed by atoms with E-state index in [2.05, 4.69) is 0 Å². The second-order valence-electron chi connectivity index (χ2n) is 7.19. The Morgan fingerprint density at radius 2 is 1.79 bits per heavy atom. The highest BCUT2D eigenvalue weighted by Gasteiger charge is 2.18. The van der Waals surface area contributed by atoms with E-state index in [9.17, 15) is 4.79 Å². The number of nitrogens with zero attached hydrogens (tertiary/aromatic N) is 3. The first-order valence-corrected chi connectivity index (χ1v) is 11.0. The van der Waals surface area contributed by atoms with Crippen LogP contribution in [0.1, 0.15) is 25.7 Å². The molecule has 0 bridgehead atoms. The minimum Gasteiger partial charge on any atom is -0.497 e. The maximum Gasteiger partial charge on any atom is 0.232 e. The van der Waals surface area contributed by atoms with Crippen LogP contribution >= 0.6 is 11.8 Å². The number of carbonyl (C=O) groups excluding carboxylic acids is 1. The quantitative estimate of drug-likeness (QED) is 0.449. The number of benzene rings is 2. The van der Waals surface area contributed by atoms with Gasteiger partial charge in [-0.1, -0.05) is 54.9 Å². The monoisotopic (exact) mass is 407 g/mol. The van der Waals surface area contributed by atoms with E-state index >= 15 is 0 Å². The molecule has 1 saturated heterocycles. The standard InChI is InChI=1S/C23H25N3O2S/c1-28-18-11-12-20-19(15-18)23(25-22(24-20)17-9-5-4-6-10-17)29-16-21(27)26-13-7-2-3-8-14-26/h4-6,9-12,15H,2-3,7-8,13-14,16H2,1H3. The molecule has 1 amide bonds. The molecule has 1 aromatic heterocycles. The van der Waals surface area contributed by atoms with E-state index in [1.165, 1.54) is 24.6 Å². The van der Waals surface area contributed by atoms with Gasteiger partial charge in [0.2, 0.25) is 5.91 Å². The molecule has 1 aliphatic heterocycles. The number of ether oxygens (including phenoxy) is 1. The molecule has 6 heteroatoms. The molecule has 1 fully saturated rings. The van der Waals surface area contributed by atoms with Crippen LogP contribution in [0.2, 0.25) is 0 Å². The predicted molar refractivity (Wildman–Crippen MR) is 117 cm³/mol.